The second-order valence-electron chi connectivity index (χ2n) is 6.88. The Hall–Kier alpha value is -3.09. The van der Waals surface area contributed by atoms with Gasteiger partial charge in [-0.25, -0.2) is 0 Å². The van der Waals surface area contributed by atoms with E-state index in [0.717, 1.165) is 22.4 Å². The molecule has 5 nitrogen and oxygen atoms in total. The number of carbonyl (C=O) groups is 1. The van der Waals surface area contributed by atoms with E-state index in [9.17, 15) is 4.79 Å². The number of nitrogens with zero attached hydrogens (tertiary/aromatic N) is 2. The van der Waals surface area contributed by atoms with Gasteiger partial charge in [-0.2, -0.15) is 5.10 Å². The topological polar surface area (TPSA) is 56.1 Å². The van der Waals surface area contributed by atoms with Gasteiger partial charge in [0, 0.05) is 16.8 Å². The number of rotatable bonds is 7. The van der Waals surface area contributed by atoms with Crippen LogP contribution in [0, 0.1) is 6.92 Å². The molecule has 0 saturated heterocycles. The van der Waals surface area contributed by atoms with Crippen LogP contribution in [0.5, 0.6) is 5.75 Å². The summed E-state index contributed by atoms with van der Waals surface area (Å²) in [6.45, 7) is 2.99. The average Bonchev–Trinajstić information content (AvgIpc) is 3.38. The minimum atomic E-state index is -0.159. The largest absolute Gasteiger partial charge is 0.489 e. The van der Waals surface area contributed by atoms with Crippen LogP contribution < -0.4 is 10.1 Å². The number of halogens is 1. The molecule has 4 rings (SSSR count). The van der Waals surface area contributed by atoms with Crippen LogP contribution in [0.4, 0.5) is 5.69 Å². The Morgan fingerprint density at radius 3 is 2.80 bits per heavy atom. The molecule has 0 spiro atoms. The number of hydrogen-bond acceptors (Lipinski definition) is 4. The van der Waals surface area contributed by atoms with E-state index in [2.05, 4.69) is 10.4 Å². The summed E-state index contributed by atoms with van der Waals surface area (Å²) in [6, 6.07) is 17.4. The highest BCUT2D eigenvalue weighted by molar-refractivity contribution is 7.12. The molecule has 0 saturated carbocycles. The van der Waals surface area contributed by atoms with Gasteiger partial charge in [-0.1, -0.05) is 41.9 Å². The van der Waals surface area contributed by atoms with E-state index < -0.39 is 0 Å². The van der Waals surface area contributed by atoms with Crippen molar-refractivity contribution >= 4 is 34.5 Å². The third-order valence-electron chi connectivity index (χ3n) is 4.49. The summed E-state index contributed by atoms with van der Waals surface area (Å²) in [7, 11) is 0. The van der Waals surface area contributed by atoms with Crippen LogP contribution in [0.2, 0.25) is 5.02 Å². The molecule has 0 fully saturated rings. The Kier molecular flexibility index (Phi) is 6.16. The number of benzene rings is 2. The lowest BCUT2D eigenvalue weighted by Gasteiger charge is -2.08. The van der Waals surface area contributed by atoms with Gasteiger partial charge in [0.25, 0.3) is 5.91 Å². The third kappa shape index (κ3) is 5.09. The lowest BCUT2D eigenvalue weighted by molar-refractivity contribution is 0.103. The number of thiophene rings is 1. The molecule has 2 aromatic carbocycles. The molecule has 0 atom stereocenters. The Bertz CT molecular complexity index is 1150. The molecular weight excluding hydrogens is 418 g/mol. The van der Waals surface area contributed by atoms with Gasteiger partial charge in [-0.05, 0) is 47.7 Å². The highest BCUT2D eigenvalue weighted by Gasteiger charge is 2.12. The highest BCUT2D eigenvalue weighted by Crippen LogP contribution is 2.24. The molecule has 0 aliphatic heterocycles. The van der Waals surface area contributed by atoms with Crippen LogP contribution >= 0.6 is 22.9 Å². The van der Waals surface area contributed by atoms with Gasteiger partial charge in [0.1, 0.15) is 12.4 Å². The number of ether oxygens (including phenoxy) is 1. The van der Waals surface area contributed by atoms with E-state index in [1.807, 2.05) is 67.0 Å². The number of aromatic nitrogens is 2. The van der Waals surface area contributed by atoms with Crippen molar-refractivity contribution in [2.45, 2.75) is 20.1 Å². The van der Waals surface area contributed by atoms with E-state index in [0.29, 0.717) is 28.7 Å². The number of amides is 1. The molecule has 7 heteroatoms. The van der Waals surface area contributed by atoms with E-state index in [4.69, 9.17) is 16.3 Å². The highest BCUT2D eigenvalue weighted by atomic mass is 35.5. The van der Waals surface area contributed by atoms with Gasteiger partial charge in [-0.15, -0.1) is 11.3 Å². The smallest absolute Gasteiger partial charge is 0.265 e. The van der Waals surface area contributed by atoms with Gasteiger partial charge >= 0.3 is 0 Å². The molecule has 0 radical (unpaired) electrons. The van der Waals surface area contributed by atoms with Gasteiger partial charge in [0.2, 0.25) is 0 Å². The minimum Gasteiger partial charge on any atom is -0.489 e. The zero-order chi connectivity index (χ0) is 20.9. The van der Waals surface area contributed by atoms with Gasteiger partial charge in [0.05, 0.1) is 23.3 Å². The number of nitrogens with one attached hydrogen (secondary N) is 1. The fourth-order valence-electron chi connectivity index (χ4n) is 2.98. The maximum absolute atomic E-state index is 12.6. The van der Waals surface area contributed by atoms with Crippen LogP contribution in [0.25, 0.3) is 0 Å². The van der Waals surface area contributed by atoms with Crippen molar-refractivity contribution in [3.05, 3.63) is 99.0 Å². The number of carbonyl (C=O) groups excluding carboxylic acids is 1. The second-order valence-corrected chi connectivity index (χ2v) is 8.23. The summed E-state index contributed by atoms with van der Waals surface area (Å²) in [5.41, 5.74) is 3.73. The summed E-state index contributed by atoms with van der Waals surface area (Å²) >= 11 is 7.36. The number of hydrogen-bond donors (Lipinski definition) is 1. The van der Waals surface area contributed by atoms with Crippen molar-refractivity contribution in [3.63, 3.8) is 0 Å². The number of anilines is 1. The lowest BCUT2D eigenvalue weighted by Crippen LogP contribution is -2.09. The van der Waals surface area contributed by atoms with Crippen LogP contribution in [0.15, 0.2) is 72.4 Å². The molecule has 0 aliphatic carbocycles. The summed E-state index contributed by atoms with van der Waals surface area (Å²) in [5.74, 6) is 0.621. The zero-order valence-corrected chi connectivity index (χ0v) is 17.9. The lowest BCUT2D eigenvalue weighted by atomic mass is 10.2. The Balaban J connectivity index is 1.34. The quantitative estimate of drug-likeness (QED) is 0.398. The summed E-state index contributed by atoms with van der Waals surface area (Å²) in [6.07, 6.45) is 3.48. The van der Waals surface area contributed by atoms with Crippen molar-refractivity contribution in [1.82, 2.24) is 9.78 Å². The fraction of sp³-hybridized carbons (Fsp3) is 0.130. The standard InChI is InChI=1S/C23H20ClN3O2S/c1-16-9-19(24)7-8-21(16)29-14-18-10-22(30-15-18)23(28)26-20-11-25-27(13-20)12-17-5-3-2-4-6-17/h2-11,13,15H,12,14H2,1H3,(H,26,28). The predicted octanol–water partition coefficient (Wildman–Crippen LogP) is 5.79. The monoisotopic (exact) mass is 437 g/mol. The van der Waals surface area contributed by atoms with E-state index in [1.165, 1.54) is 11.3 Å². The van der Waals surface area contributed by atoms with Gasteiger partial charge < -0.3 is 10.1 Å². The molecule has 1 amide bonds. The van der Waals surface area contributed by atoms with E-state index in [-0.39, 0.29) is 5.91 Å². The van der Waals surface area contributed by atoms with Crippen molar-refractivity contribution in [3.8, 4) is 5.75 Å². The zero-order valence-electron chi connectivity index (χ0n) is 16.3. The first-order chi connectivity index (χ1) is 14.6. The summed E-state index contributed by atoms with van der Waals surface area (Å²) in [4.78, 5) is 13.2. The molecule has 4 aromatic rings. The molecule has 2 aromatic heterocycles. The molecule has 152 valence electrons. The molecule has 0 bridgehead atoms. The normalized spacial score (nSPS) is 10.7. The first-order valence-electron chi connectivity index (χ1n) is 9.41. The van der Waals surface area contributed by atoms with Crippen molar-refractivity contribution in [2.24, 2.45) is 0 Å². The van der Waals surface area contributed by atoms with Crippen LogP contribution in [-0.4, -0.2) is 15.7 Å². The van der Waals surface area contributed by atoms with Crippen LogP contribution in [0.3, 0.4) is 0 Å². The van der Waals surface area contributed by atoms with E-state index >= 15 is 0 Å². The summed E-state index contributed by atoms with van der Waals surface area (Å²) in [5, 5.41) is 9.83. The number of aryl methyl sites for hydroxylation is 1. The summed E-state index contributed by atoms with van der Waals surface area (Å²) < 4.78 is 7.65. The Morgan fingerprint density at radius 1 is 1.17 bits per heavy atom. The van der Waals surface area contributed by atoms with Crippen LogP contribution in [0.1, 0.15) is 26.4 Å². The third-order valence-corrected chi connectivity index (χ3v) is 5.70. The van der Waals surface area contributed by atoms with Crippen LogP contribution in [-0.2, 0) is 13.2 Å². The molecular formula is C23H20ClN3O2S. The van der Waals surface area contributed by atoms with Crippen molar-refractivity contribution < 1.29 is 9.53 Å². The van der Waals surface area contributed by atoms with Gasteiger partial charge in [-0.3, -0.25) is 9.48 Å². The molecule has 0 unspecified atom stereocenters. The van der Waals surface area contributed by atoms with E-state index in [1.54, 1.807) is 16.9 Å². The Labute approximate surface area is 183 Å². The molecule has 30 heavy (non-hydrogen) atoms. The SMILES string of the molecule is Cc1cc(Cl)ccc1OCc1csc(C(=O)Nc2cnn(Cc3ccccc3)c2)c1. The van der Waals surface area contributed by atoms with Gasteiger partial charge in [0.15, 0.2) is 0 Å². The van der Waals surface area contributed by atoms with Crippen molar-refractivity contribution in [2.75, 3.05) is 5.32 Å². The predicted molar refractivity (Wildman–Crippen MR) is 121 cm³/mol. The first kappa shape index (κ1) is 20.2. The minimum absolute atomic E-state index is 0.159. The molecule has 0 aliphatic rings. The maximum Gasteiger partial charge on any atom is 0.265 e. The molecule has 1 N–H and O–H groups in total. The second kappa shape index (κ2) is 9.15. The fourth-order valence-corrected chi connectivity index (χ4v) is 4.00. The Morgan fingerprint density at radius 2 is 2.00 bits per heavy atom. The maximum atomic E-state index is 12.6. The first-order valence-corrected chi connectivity index (χ1v) is 10.7. The molecule has 2 heterocycles. The average molecular weight is 438 g/mol. The van der Waals surface area contributed by atoms with Crippen molar-refractivity contribution in [1.29, 1.82) is 0 Å².